The highest BCUT2D eigenvalue weighted by Gasteiger charge is 2.23. The first kappa shape index (κ1) is 12.6. The fourth-order valence-electron chi connectivity index (χ4n) is 2.77. The molecule has 2 heterocycles. The predicted octanol–water partition coefficient (Wildman–Crippen LogP) is 3.72. The maximum atomic E-state index is 4.30. The van der Waals surface area contributed by atoms with Gasteiger partial charge in [-0.2, -0.15) is 0 Å². The van der Waals surface area contributed by atoms with Crippen LogP contribution in [0.1, 0.15) is 56.3 Å². The maximum absolute atomic E-state index is 4.30. The number of hydrogen-bond donors (Lipinski definition) is 0. The van der Waals surface area contributed by atoms with Gasteiger partial charge in [0.25, 0.3) is 0 Å². The van der Waals surface area contributed by atoms with Gasteiger partial charge >= 0.3 is 0 Å². The molecule has 0 aromatic carbocycles. The molecule has 1 aliphatic rings. The van der Waals surface area contributed by atoms with Crippen molar-refractivity contribution in [2.45, 2.75) is 52.0 Å². The lowest BCUT2D eigenvalue weighted by molar-refractivity contribution is 0.146. The van der Waals surface area contributed by atoms with Crippen LogP contribution in [0.3, 0.4) is 0 Å². The van der Waals surface area contributed by atoms with Crippen molar-refractivity contribution in [3.8, 4) is 0 Å². The Morgan fingerprint density at radius 2 is 2.29 bits per heavy atom. The van der Waals surface area contributed by atoms with E-state index in [4.69, 9.17) is 0 Å². The van der Waals surface area contributed by atoms with Crippen LogP contribution in [-0.4, -0.2) is 23.0 Å². The first-order chi connectivity index (χ1) is 8.31. The van der Waals surface area contributed by atoms with E-state index in [0.29, 0.717) is 6.04 Å². The van der Waals surface area contributed by atoms with Crippen molar-refractivity contribution >= 4 is 0 Å². The molecule has 0 bridgehead atoms. The van der Waals surface area contributed by atoms with E-state index >= 15 is 0 Å². The molecule has 94 valence electrons. The zero-order valence-corrected chi connectivity index (χ0v) is 11.2. The summed E-state index contributed by atoms with van der Waals surface area (Å²) in [5.74, 6) is 0. The number of rotatable bonds is 4. The number of hydrogen-bond acceptors (Lipinski definition) is 2. The van der Waals surface area contributed by atoms with Gasteiger partial charge in [0.1, 0.15) is 0 Å². The monoisotopic (exact) mass is 232 g/mol. The quantitative estimate of drug-likeness (QED) is 0.786. The van der Waals surface area contributed by atoms with Crippen molar-refractivity contribution in [1.82, 2.24) is 9.88 Å². The van der Waals surface area contributed by atoms with Crippen LogP contribution in [0.25, 0.3) is 0 Å². The molecule has 1 unspecified atom stereocenters. The van der Waals surface area contributed by atoms with Crippen LogP contribution in [0.2, 0.25) is 0 Å². The third-order valence-corrected chi connectivity index (χ3v) is 3.72. The standard InChI is InChI=1S/C15H24N2/c1-3-4-10-17-11-6-5-7-15(17)14-8-9-16-13(2)12-14/h8-9,12,15H,3-7,10-11H2,1-2H3. The smallest absolute Gasteiger partial charge is 0.0375 e. The molecule has 1 fully saturated rings. The minimum Gasteiger partial charge on any atom is -0.296 e. The van der Waals surface area contributed by atoms with E-state index in [0.717, 1.165) is 5.69 Å². The second-order valence-electron chi connectivity index (χ2n) is 5.13. The fourth-order valence-corrected chi connectivity index (χ4v) is 2.77. The number of piperidine rings is 1. The highest BCUT2D eigenvalue weighted by molar-refractivity contribution is 5.20. The third-order valence-electron chi connectivity index (χ3n) is 3.72. The van der Waals surface area contributed by atoms with Crippen molar-refractivity contribution < 1.29 is 0 Å². The summed E-state index contributed by atoms with van der Waals surface area (Å²) in [4.78, 5) is 6.97. The predicted molar refractivity (Wildman–Crippen MR) is 72.0 cm³/mol. The summed E-state index contributed by atoms with van der Waals surface area (Å²) in [6.07, 6.45) is 8.61. The lowest BCUT2D eigenvalue weighted by Crippen LogP contribution is -2.34. The van der Waals surface area contributed by atoms with E-state index in [-0.39, 0.29) is 0 Å². The number of aryl methyl sites for hydroxylation is 1. The van der Waals surface area contributed by atoms with Crippen LogP contribution < -0.4 is 0 Å². The summed E-state index contributed by atoms with van der Waals surface area (Å²) in [7, 11) is 0. The van der Waals surface area contributed by atoms with Crippen LogP contribution in [0.5, 0.6) is 0 Å². The molecule has 0 N–H and O–H groups in total. The van der Waals surface area contributed by atoms with Crippen LogP contribution >= 0.6 is 0 Å². The molecule has 1 atom stereocenters. The van der Waals surface area contributed by atoms with E-state index in [1.807, 2.05) is 6.20 Å². The SMILES string of the molecule is CCCCN1CCCCC1c1ccnc(C)c1. The van der Waals surface area contributed by atoms with E-state index < -0.39 is 0 Å². The number of nitrogens with zero attached hydrogens (tertiary/aromatic N) is 2. The number of pyridine rings is 1. The van der Waals surface area contributed by atoms with Gasteiger partial charge in [0.2, 0.25) is 0 Å². The molecule has 1 aromatic rings. The summed E-state index contributed by atoms with van der Waals surface area (Å²) in [5.41, 5.74) is 2.61. The molecular weight excluding hydrogens is 208 g/mol. The van der Waals surface area contributed by atoms with E-state index in [2.05, 4.69) is 35.9 Å². The maximum Gasteiger partial charge on any atom is 0.0375 e. The van der Waals surface area contributed by atoms with Gasteiger partial charge in [-0.3, -0.25) is 9.88 Å². The minimum absolute atomic E-state index is 0.636. The van der Waals surface area contributed by atoms with Gasteiger partial charge in [0.15, 0.2) is 0 Å². The Labute approximate surface area is 105 Å². The van der Waals surface area contributed by atoms with Gasteiger partial charge in [-0.05, 0) is 57.0 Å². The van der Waals surface area contributed by atoms with Crippen LogP contribution in [0.15, 0.2) is 18.3 Å². The van der Waals surface area contributed by atoms with Gasteiger partial charge in [0.05, 0.1) is 0 Å². The topological polar surface area (TPSA) is 16.1 Å². The van der Waals surface area contributed by atoms with Gasteiger partial charge in [-0.1, -0.05) is 19.8 Å². The van der Waals surface area contributed by atoms with Crippen molar-refractivity contribution in [3.05, 3.63) is 29.6 Å². The molecule has 0 radical (unpaired) electrons. The van der Waals surface area contributed by atoms with E-state index in [1.165, 1.54) is 50.8 Å². The molecular formula is C15H24N2. The van der Waals surface area contributed by atoms with Crippen LogP contribution in [-0.2, 0) is 0 Å². The minimum atomic E-state index is 0.636. The zero-order chi connectivity index (χ0) is 12.1. The van der Waals surface area contributed by atoms with Gasteiger partial charge in [-0.15, -0.1) is 0 Å². The first-order valence-corrected chi connectivity index (χ1v) is 6.98. The average molecular weight is 232 g/mol. The Hall–Kier alpha value is -0.890. The van der Waals surface area contributed by atoms with Gasteiger partial charge < -0.3 is 0 Å². The van der Waals surface area contributed by atoms with Crippen LogP contribution in [0, 0.1) is 6.92 Å². The fraction of sp³-hybridized carbons (Fsp3) is 0.667. The Morgan fingerprint density at radius 3 is 3.06 bits per heavy atom. The molecule has 1 saturated heterocycles. The molecule has 0 saturated carbocycles. The summed E-state index contributed by atoms with van der Waals surface area (Å²) in [5, 5.41) is 0. The highest BCUT2D eigenvalue weighted by Crippen LogP contribution is 2.30. The summed E-state index contributed by atoms with van der Waals surface area (Å²) < 4.78 is 0. The lowest BCUT2D eigenvalue weighted by atomic mass is 9.95. The molecule has 2 heteroatoms. The number of likely N-dealkylation sites (tertiary alicyclic amines) is 1. The molecule has 1 aromatic heterocycles. The van der Waals surface area contributed by atoms with Crippen molar-refractivity contribution in [1.29, 1.82) is 0 Å². The summed E-state index contributed by atoms with van der Waals surface area (Å²) in [6, 6.07) is 5.09. The number of aromatic nitrogens is 1. The summed E-state index contributed by atoms with van der Waals surface area (Å²) in [6.45, 7) is 6.88. The zero-order valence-electron chi connectivity index (χ0n) is 11.2. The first-order valence-electron chi connectivity index (χ1n) is 6.98. The lowest BCUT2D eigenvalue weighted by Gasteiger charge is -2.36. The molecule has 1 aliphatic heterocycles. The Balaban J connectivity index is 2.10. The normalized spacial score (nSPS) is 21.6. The van der Waals surface area contributed by atoms with Crippen molar-refractivity contribution in [3.63, 3.8) is 0 Å². The molecule has 2 nitrogen and oxygen atoms in total. The highest BCUT2D eigenvalue weighted by atomic mass is 15.2. The molecule has 0 amide bonds. The second kappa shape index (κ2) is 6.15. The average Bonchev–Trinajstić information content (AvgIpc) is 2.37. The van der Waals surface area contributed by atoms with Crippen molar-refractivity contribution in [2.24, 2.45) is 0 Å². The third kappa shape index (κ3) is 3.29. The second-order valence-corrected chi connectivity index (χ2v) is 5.13. The molecule has 2 rings (SSSR count). The van der Waals surface area contributed by atoms with E-state index in [9.17, 15) is 0 Å². The largest absolute Gasteiger partial charge is 0.296 e. The van der Waals surface area contributed by atoms with E-state index in [1.54, 1.807) is 0 Å². The Morgan fingerprint density at radius 1 is 1.41 bits per heavy atom. The molecule has 17 heavy (non-hydrogen) atoms. The summed E-state index contributed by atoms with van der Waals surface area (Å²) >= 11 is 0. The Bertz CT molecular complexity index is 349. The molecule has 0 spiro atoms. The van der Waals surface area contributed by atoms with Gasteiger partial charge in [0, 0.05) is 17.9 Å². The van der Waals surface area contributed by atoms with Gasteiger partial charge in [-0.25, -0.2) is 0 Å². The molecule has 0 aliphatic carbocycles. The van der Waals surface area contributed by atoms with Crippen LogP contribution in [0.4, 0.5) is 0 Å². The Kier molecular flexibility index (Phi) is 4.55. The number of unbranched alkanes of at least 4 members (excludes halogenated alkanes) is 1. The van der Waals surface area contributed by atoms with Crippen molar-refractivity contribution in [2.75, 3.05) is 13.1 Å².